The van der Waals surface area contributed by atoms with Gasteiger partial charge in [0.15, 0.2) is 0 Å². The molecule has 0 saturated carbocycles. The molecule has 3 heteroatoms. The number of hydrogen-bond acceptors (Lipinski definition) is 2. The van der Waals surface area contributed by atoms with Crippen molar-refractivity contribution in [3.63, 3.8) is 0 Å². The van der Waals surface area contributed by atoms with Crippen molar-refractivity contribution < 1.29 is 4.39 Å². The third kappa shape index (κ3) is 3.93. The molecule has 2 nitrogen and oxygen atoms in total. The van der Waals surface area contributed by atoms with E-state index in [0.717, 1.165) is 36.8 Å². The van der Waals surface area contributed by atoms with Crippen molar-refractivity contribution in [3.8, 4) is 0 Å². The summed E-state index contributed by atoms with van der Waals surface area (Å²) >= 11 is 0. The Kier molecular flexibility index (Phi) is 5.20. The van der Waals surface area contributed by atoms with Crippen molar-refractivity contribution in [1.82, 2.24) is 5.32 Å². The van der Waals surface area contributed by atoms with E-state index in [1.165, 1.54) is 25.7 Å². The van der Waals surface area contributed by atoms with E-state index in [9.17, 15) is 4.39 Å². The minimum Gasteiger partial charge on any atom is -0.371 e. The van der Waals surface area contributed by atoms with Crippen molar-refractivity contribution >= 4 is 5.69 Å². The molecule has 0 bridgehead atoms. The third-order valence-corrected chi connectivity index (χ3v) is 4.00. The van der Waals surface area contributed by atoms with Gasteiger partial charge >= 0.3 is 0 Å². The molecule has 0 aromatic heterocycles. The van der Waals surface area contributed by atoms with Crippen LogP contribution in [0.15, 0.2) is 18.2 Å². The molecule has 0 radical (unpaired) electrons. The molecule has 2 rings (SSSR count). The van der Waals surface area contributed by atoms with E-state index < -0.39 is 0 Å². The average molecular weight is 264 g/mol. The Morgan fingerprint density at radius 3 is 2.63 bits per heavy atom. The molecular formula is C16H25FN2. The van der Waals surface area contributed by atoms with E-state index >= 15 is 0 Å². The van der Waals surface area contributed by atoms with Gasteiger partial charge in [0.1, 0.15) is 5.82 Å². The predicted octanol–water partition coefficient (Wildman–Crippen LogP) is 3.56. The lowest BCUT2D eigenvalue weighted by Gasteiger charge is -2.33. The zero-order valence-electron chi connectivity index (χ0n) is 12.1. The first-order chi connectivity index (χ1) is 9.22. The highest BCUT2D eigenvalue weighted by molar-refractivity contribution is 5.49. The minimum absolute atomic E-state index is 0.126. The highest BCUT2D eigenvalue weighted by Gasteiger charge is 2.19. The number of halogens is 1. The fourth-order valence-electron chi connectivity index (χ4n) is 3.01. The van der Waals surface area contributed by atoms with Crippen LogP contribution in [0.3, 0.4) is 0 Å². The standard InChI is InChI=1S/C16H25FN2/c1-3-4-13-5-7-19(8-6-13)16-10-14(12-18-2)9-15(17)11-16/h9-11,13,18H,3-8,12H2,1-2H3. The summed E-state index contributed by atoms with van der Waals surface area (Å²) in [7, 11) is 1.89. The summed E-state index contributed by atoms with van der Waals surface area (Å²) in [6, 6.07) is 5.39. The van der Waals surface area contributed by atoms with Crippen LogP contribution in [0, 0.1) is 11.7 Å². The lowest BCUT2D eigenvalue weighted by Crippen LogP contribution is -2.33. The highest BCUT2D eigenvalue weighted by Crippen LogP contribution is 2.27. The molecule has 0 spiro atoms. The second-order valence-electron chi connectivity index (χ2n) is 5.57. The van der Waals surface area contributed by atoms with Crippen LogP contribution in [0.5, 0.6) is 0 Å². The summed E-state index contributed by atoms with van der Waals surface area (Å²) in [6.45, 7) is 5.10. The van der Waals surface area contributed by atoms with Gasteiger partial charge in [-0.1, -0.05) is 19.8 Å². The van der Waals surface area contributed by atoms with Gasteiger partial charge in [-0.3, -0.25) is 0 Å². The van der Waals surface area contributed by atoms with E-state index in [1.54, 1.807) is 12.1 Å². The van der Waals surface area contributed by atoms with Gasteiger partial charge in [-0.15, -0.1) is 0 Å². The Morgan fingerprint density at radius 2 is 2.00 bits per heavy atom. The molecule has 1 aromatic rings. The monoisotopic (exact) mass is 264 g/mol. The topological polar surface area (TPSA) is 15.3 Å². The number of piperidine rings is 1. The Hall–Kier alpha value is -1.09. The summed E-state index contributed by atoms with van der Waals surface area (Å²) in [4.78, 5) is 2.33. The fourth-order valence-corrected chi connectivity index (χ4v) is 3.01. The van der Waals surface area contributed by atoms with Crippen molar-refractivity contribution in [2.75, 3.05) is 25.0 Å². The van der Waals surface area contributed by atoms with Crippen molar-refractivity contribution in [3.05, 3.63) is 29.6 Å². The Bertz CT molecular complexity index is 398. The van der Waals surface area contributed by atoms with Crippen LogP contribution >= 0.6 is 0 Å². The molecular weight excluding hydrogens is 239 g/mol. The zero-order valence-corrected chi connectivity index (χ0v) is 12.1. The highest BCUT2D eigenvalue weighted by atomic mass is 19.1. The molecule has 106 valence electrons. The Balaban J connectivity index is 2.02. The molecule has 1 N–H and O–H groups in total. The lowest BCUT2D eigenvalue weighted by molar-refractivity contribution is 0.378. The van der Waals surface area contributed by atoms with Gasteiger partial charge in [-0.2, -0.15) is 0 Å². The molecule has 1 fully saturated rings. The van der Waals surface area contributed by atoms with Gasteiger partial charge in [0, 0.05) is 25.3 Å². The van der Waals surface area contributed by atoms with Crippen LogP contribution < -0.4 is 10.2 Å². The molecule has 19 heavy (non-hydrogen) atoms. The summed E-state index contributed by atoms with van der Waals surface area (Å²) in [5.74, 6) is 0.741. The number of anilines is 1. The zero-order chi connectivity index (χ0) is 13.7. The maximum Gasteiger partial charge on any atom is 0.125 e. The first-order valence-corrected chi connectivity index (χ1v) is 7.42. The van der Waals surface area contributed by atoms with E-state index in [2.05, 4.69) is 23.2 Å². The summed E-state index contributed by atoms with van der Waals surface area (Å²) in [5.41, 5.74) is 2.06. The van der Waals surface area contributed by atoms with Crippen LogP contribution in [0.1, 0.15) is 38.2 Å². The molecule has 0 unspecified atom stereocenters. The summed E-state index contributed by atoms with van der Waals surface area (Å²) < 4.78 is 13.6. The average Bonchev–Trinajstić information content (AvgIpc) is 2.40. The lowest BCUT2D eigenvalue weighted by atomic mass is 9.92. The first kappa shape index (κ1) is 14.3. The number of nitrogens with one attached hydrogen (secondary N) is 1. The number of benzene rings is 1. The molecule has 1 aromatic carbocycles. The van der Waals surface area contributed by atoms with E-state index in [4.69, 9.17) is 0 Å². The van der Waals surface area contributed by atoms with Gasteiger partial charge < -0.3 is 10.2 Å². The van der Waals surface area contributed by atoms with Crippen LogP contribution in [-0.2, 0) is 6.54 Å². The maximum atomic E-state index is 13.6. The maximum absolute atomic E-state index is 13.6. The second kappa shape index (κ2) is 6.90. The van der Waals surface area contributed by atoms with Crippen LogP contribution in [0.25, 0.3) is 0 Å². The van der Waals surface area contributed by atoms with Crippen LogP contribution in [-0.4, -0.2) is 20.1 Å². The minimum atomic E-state index is -0.126. The molecule has 0 amide bonds. The number of hydrogen-bond donors (Lipinski definition) is 1. The largest absolute Gasteiger partial charge is 0.371 e. The molecule has 1 aliphatic rings. The number of rotatable bonds is 5. The third-order valence-electron chi connectivity index (χ3n) is 4.00. The summed E-state index contributed by atoms with van der Waals surface area (Å²) in [6.07, 6.45) is 5.09. The van der Waals surface area contributed by atoms with Gasteiger partial charge in [-0.05, 0) is 49.6 Å². The Labute approximate surface area is 116 Å². The van der Waals surface area contributed by atoms with Crippen molar-refractivity contribution in [2.45, 2.75) is 39.2 Å². The van der Waals surface area contributed by atoms with Gasteiger partial charge in [-0.25, -0.2) is 4.39 Å². The quantitative estimate of drug-likeness (QED) is 0.874. The summed E-state index contributed by atoms with van der Waals surface area (Å²) in [5, 5.41) is 3.08. The van der Waals surface area contributed by atoms with Gasteiger partial charge in [0.25, 0.3) is 0 Å². The van der Waals surface area contributed by atoms with Crippen LogP contribution in [0.2, 0.25) is 0 Å². The van der Waals surface area contributed by atoms with Crippen molar-refractivity contribution in [1.29, 1.82) is 0 Å². The normalized spacial score (nSPS) is 16.9. The SMILES string of the molecule is CCCC1CCN(c2cc(F)cc(CNC)c2)CC1. The van der Waals surface area contributed by atoms with E-state index in [-0.39, 0.29) is 5.82 Å². The molecule has 0 atom stereocenters. The van der Waals surface area contributed by atoms with Crippen molar-refractivity contribution in [2.24, 2.45) is 5.92 Å². The van der Waals surface area contributed by atoms with Crippen LogP contribution in [0.4, 0.5) is 10.1 Å². The Morgan fingerprint density at radius 1 is 1.26 bits per heavy atom. The predicted molar refractivity (Wildman–Crippen MR) is 79.0 cm³/mol. The molecule has 1 saturated heterocycles. The number of nitrogens with zero attached hydrogens (tertiary/aromatic N) is 1. The van der Waals surface area contributed by atoms with E-state index in [1.807, 2.05) is 7.05 Å². The molecule has 1 aliphatic heterocycles. The van der Waals surface area contributed by atoms with Gasteiger partial charge in [0.2, 0.25) is 0 Å². The van der Waals surface area contributed by atoms with E-state index in [0.29, 0.717) is 0 Å². The smallest absolute Gasteiger partial charge is 0.125 e. The fraction of sp³-hybridized carbons (Fsp3) is 0.625. The second-order valence-corrected chi connectivity index (χ2v) is 5.57. The first-order valence-electron chi connectivity index (χ1n) is 7.42. The molecule has 0 aliphatic carbocycles. The van der Waals surface area contributed by atoms with Gasteiger partial charge in [0.05, 0.1) is 0 Å². The molecule has 1 heterocycles.